The van der Waals surface area contributed by atoms with Crippen LogP contribution in [0.15, 0.2) is 29.3 Å². The van der Waals surface area contributed by atoms with E-state index >= 15 is 0 Å². The van der Waals surface area contributed by atoms with Gasteiger partial charge >= 0.3 is 0 Å². The van der Waals surface area contributed by atoms with Crippen molar-refractivity contribution >= 4 is 22.0 Å². The molecular formula is C12H15Br. The summed E-state index contributed by atoms with van der Waals surface area (Å²) >= 11 is 3.50. The summed E-state index contributed by atoms with van der Waals surface area (Å²) in [6.07, 6.45) is 3.01. The molecule has 0 fully saturated rings. The van der Waals surface area contributed by atoms with E-state index in [2.05, 4.69) is 54.6 Å². The SMILES string of the molecule is C=Cc1cc(Br)cc(CC(C)C)c1. The summed E-state index contributed by atoms with van der Waals surface area (Å²) < 4.78 is 1.14. The van der Waals surface area contributed by atoms with E-state index in [9.17, 15) is 0 Å². The molecule has 0 unspecified atom stereocenters. The van der Waals surface area contributed by atoms with Gasteiger partial charge in [0.05, 0.1) is 0 Å². The molecule has 0 atom stereocenters. The average molecular weight is 239 g/mol. The summed E-state index contributed by atoms with van der Waals surface area (Å²) in [6.45, 7) is 8.23. The fraction of sp³-hybridized carbons (Fsp3) is 0.333. The van der Waals surface area contributed by atoms with Crippen LogP contribution in [-0.4, -0.2) is 0 Å². The Morgan fingerprint density at radius 3 is 2.62 bits per heavy atom. The predicted octanol–water partition coefficient (Wildman–Crippen LogP) is 4.29. The smallest absolute Gasteiger partial charge is 0.0183 e. The number of hydrogen-bond donors (Lipinski definition) is 0. The highest BCUT2D eigenvalue weighted by molar-refractivity contribution is 9.10. The first kappa shape index (κ1) is 10.5. The molecule has 0 nitrogen and oxygen atoms in total. The summed E-state index contributed by atoms with van der Waals surface area (Å²) in [5.41, 5.74) is 2.56. The highest BCUT2D eigenvalue weighted by atomic mass is 79.9. The van der Waals surface area contributed by atoms with Gasteiger partial charge in [0, 0.05) is 4.47 Å². The molecule has 13 heavy (non-hydrogen) atoms. The van der Waals surface area contributed by atoms with Gasteiger partial charge in [-0.2, -0.15) is 0 Å². The van der Waals surface area contributed by atoms with Crippen molar-refractivity contribution in [1.29, 1.82) is 0 Å². The minimum Gasteiger partial charge on any atom is -0.0985 e. The van der Waals surface area contributed by atoms with Crippen molar-refractivity contribution in [3.8, 4) is 0 Å². The summed E-state index contributed by atoms with van der Waals surface area (Å²) in [5, 5.41) is 0. The van der Waals surface area contributed by atoms with Gasteiger partial charge in [-0.05, 0) is 35.6 Å². The molecule has 70 valence electrons. The van der Waals surface area contributed by atoms with Crippen LogP contribution in [-0.2, 0) is 6.42 Å². The Morgan fingerprint density at radius 1 is 1.38 bits per heavy atom. The maximum absolute atomic E-state index is 3.77. The monoisotopic (exact) mass is 238 g/mol. The molecule has 0 amide bonds. The van der Waals surface area contributed by atoms with Gasteiger partial charge in [-0.15, -0.1) is 0 Å². The molecule has 1 aromatic rings. The third-order valence-electron chi connectivity index (χ3n) is 1.86. The lowest BCUT2D eigenvalue weighted by Crippen LogP contribution is -1.94. The molecule has 0 aromatic heterocycles. The number of hydrogen-bond acceptors (Lipinski definition) is 0. The zero-order valence-electron chi connectivity index (χ0n) is 8.18. The van der Waals surface area contributed by atoms with Crippen molar-refractivity contribution in [3.63, 3.8) is 0 Å². The first-order chi connectivity index (χ1) is 6.11. The molecule has 0 aliphatic carbocycles. The first-order valence-corrected chi connectivity index (χ1v) is 5.33. The summed E-state index contributed by atoms with van der Waals surface area (Å²) in [7, 11) is 0. The van der Waals surface area contributed by atoms with Crippen LogP contribution in [0.4, 0.5) is 0 Å². The standard InChI is InChI=1S/C12H15Br/c1-4-10-6-11(5-9(2)3)8-12(13)7-10/h4,6-9H,1,5H2,2-3H3. The Kier molecular flexibility index (Phi) is 3.73. The molecular weight excluding hydrogens is 224 g/mol. The van der Waals surface area contributed by atoms with E-state index in [4.69, 9.17) is 0 Å². The van der Waals surface area contributed by atoms with Gasteiger partial charge in [-0.1, -0.05) is 48.5 Å². The fourth-order valence-corrected chi connectivity index (χ4v) is 1.94. The summed E-state index contributed by atoms with van der Waals surface area (Å²) in [5.74, 6) is 0.701. The van der Waals surface area contributed by atoms with Crippen LogP contribution in [0.25, 0.3) is 6.08 Å². The van der Waals surface area contributed by atoms with Crippen LogP contribution in [0, 0.1) is 5.92 Å². The molecule has 0 aliphatic heterocycles. The second-order valence-corrected chi connectivity index (χ2v) is 4.61. The molecule has 0 saturated heterocycles. The van der Waals surface area contributed by atoms with E-state index < -0.39 is 0 Å². The minimum absolute atomic E-state index is 0.701. The third kappa shape index (κ3) is 3.35. The lowest BCUT2D eigenvalue weighted by atomic mass is 10.0. The molecule has 0 N–H and O–H groups in total. The molecule has 0 aliphatic rings. The topological polar surface area (TPSA) is 0 Å². The second kappa shape index (κ2) is 4.61. The van der Waals surface area contributed by atoms with E-state index in [1.54, 1.807) is 0 Å². The highest BCUT2D eigenvalue weighted by Crippen LogP contribution is 2.18. The number of benzene rings is 1. The fourth-order valence-electron chi connectivity index (χ4n) is 1.38. The van der Waals surface area contributed by atoms with Crippen molar-refractivity contribution in [3.05, 3.63) is 40.4 Å². The number of rotatable bonds is 3. The van der Waals surface area contributed by atoms with Gasteiger partial charge in [0.15, 0.2) is 0 Å². The van der Waals surface area contributed by atoms with Crippen LogP contribution in [0.5, 0.6) is 0 Å². The Labute approximate surface area is 88.8 Å². The van der Waals surface area contributed by atoms with E-state index in [1.165, 1.54) is 11.1 Å². The van der Waals surface area contributed by atoms with Crippen LogP contribution in [0.2, 0.25) is 0 Å². The van der Waals surface area contributed by atoms with Crippen molar-refractivity contribution in [2.24, 2.45) is 5.92 Å². The van der Waals surface area contributed by atoms with E-state index in [0.29, 0.717) is 5.92 Å². The molecule has 1 heteroatoms. The van der Waals surface area contributed by atoms with Crippen molar-refractivity contribution in [1.82, 2.24) is 0 Å². The van der Waals surface area contributed by atoms with Crippen molar-refractivity contribution in [2.75, 3.05) is 0 Å². The Bertz CT molecular complexity index is 300. The van der Waals surface area contributed by atoms with Crippen molar-refractivity contribution in [2.45, 2.75) is 20.3 Å². The first-order valence-electron chi connectivity index (χ1n) is 4.53. The van der Waals surface area contributed by atoms with Gasteiger partial charge in [-0.25, -0.2) is 0 Å². The summed E-state index contributed by atoms with van der Waals surface area (Å²) in [4.78, 5) is 0. The molecule has 0 bridgehead atoms. The van der Waals surface area contributed by atoms with Gasteiger partial charge in [0.2, 0.25) is 0 Å². The van der Waals surface area contributed by atoms with Crippen LogP contribution in [0.3, 0.4) is 0 Å². The van der Waals surface area contributed by atoms with Crippen molar-refractivity contribution < 1.29 is 0 Å². The molecule has 0 spiro atoms. The predicted molar refractivity (Wildman–Crippen MR) is 62.8 cm³/mol. The third-order valence-corrected chi connectivity index (χ3v) is 2.32. The molecule has 1 rings (SSSR count). The largest absolute Gasteiger partial charge is 0.0985 e. The van der Waals surface area contributed by atoms with Crippen LogP contribution < -0.4 is 0 Å². The maximum atomic E-state index is 3.77. The lowest BCUT2D eigenvalue weighted by Gasteiger charge is -2.06. The van der Waals surface area contributed by atoms with Gasteiger partial charge in [0.1, 0.15) is 0 Å². The Hall–Kier alpha value is -0.560. The van der Waals surface area contributed by atoms with Gasteiger partial charge in [-0.3, -0.25) is 0 Å². The van der Waals surface area contributed by atoms with Gasteiger partial charge in [0.25, 0.3) is 0 Å². The highest BCUT2D eigenvalue weighted by Gasteiger charge is 2.00. The maximum Gasteiger partial charge on any atom is 0.0183 e. The van der Waals surface area contributed by atoms with Gasteiger partial charge < -0.3 is 0 Å². The quantitative estimate of drug-likeness (QED) is 0.738. The molecule has 1 aromatic carbocycles. The lowest BCUT2D eigenvalue weighted by molar-refractivity contribution is 0.647. The van der Waals surface area contributed by atoms with E-state index in [-0.39, 0.29) is 0 Å². The van der Waals surface area contributed by atoms with E-state index in [1.807, 2.05) is 6.08 Å². The van der Waals surface area contributed by atoms with Crippen LogP contribution in [0.1, 0.15) is 25.0 Å². The summed E-state index contributed by atoms with van der Waals surface area (Å²) in [6, 6.07) is 6.45. The zero-order valence-corrected chi connectivity index (χ0v) is 9.76. The normalized spacial score (nSPS) is 10.5. The average Bonchev–Trinajstić information content (AvgIpc) is 2.01. The second-order valence-electron chi connectivity index (χ2n) is 3.69. The zero-order chi connectivity index (χ0) is 9.84. The van der Waals surface area contributed by atoms with Crippen LogP contribution >= 0.6 is 15.9 Å². The minimum atomic E-state index is 0.701. The Morgan fingerprint density at radius 2 is 2.08 bits per heavy atom. The number of halogens is 1. The molecule has 0 saturated carbocycles. The molecule has 0 heterocycles. The molecule has 0 radical (unpaired) electrons. The van der Waals surface area contributed by atoms with E-state index in [0.717, 1.165) is 10.9 Å². The Balaban J connectivity index is 2.94.